The molecule has 3 N–H and O–H groups in total. The van der Waals surface area contributed by atoms with Crippen LogP contribution in [0.25, 0.3) is 0 Å². The normalized spacial score (nSPS) is 16.3. The number of fused-ring (bicyclic) bond motifs is 1. The third kappa shape index (κ3) is 1.92. The number of amides is 1. The van der Waals surface area contributed by atoms with Crippen molar-refractivity contribution in [1.29, 1.82) is 0 Å². The van der Waals surface area contributed by atoms with Crippen molar-refractivity contribution in [3.05, 3.63) is 29.6 Å². The van der Waals surface area contributed by atoms with E-state index in [1.165, 1.54) is 6.07 Å². The van der Waals surface area contributed by atoms with Gasteiger partial charge in [-0.2, -0.15) is 0 Å². The van der Waals surface area contributed by atoms with Gasteiger partial charge in [0, 0.05) is 6.54 Å². The van der Waals surface area contributed by atoms with Crippen molar-refractivity contribution in [1.82, 2.24) is 0 Å². The van der Waals surface area contributed by atoms with E-state index >= 15 is 0 Å². The average molecular weight is 238 g/mol. The van der Waals surface area contributed by atoms with Crippen molar-refractivity contribution in [3.63, 3.8) is 0 Å². The summed E-state index contributed by atoms with van der Waals surface area (Å²) < 4.78 is 13.0. The summed E-state index contributed by atoms with van der Waals surface area (Å²) >= 11 is 0. The third-order valence-electron chi connectivity index (χ3n) is 2.60. The fourth-order valence-electron chi connectivity index (χ4n) is 1.74. The highest BCUT2D eigenvalue weighted by atomic mass is 19.1. The molecule has 0 bridgehead atoms. The molecule has 0 saturated heterocycles. The van der Waals surface area contributed by atoms with Gasteiger partial charge in [0.15, 0.2) is 0 Å². The molecule has 0 aliphatic carbocycles. The van der Waals surface area contributed by atoms with Crippen LogP contribution in [0.15, 0.2) is 18.2 Å². The summed E-state index contributed by atoms with van der Waals surface area (Å²) in [6, 6.07) is 3.52. The molecule has 5 nitrogen and oxygen atoms in total. The number of aliphatic hydroxyl groups is 1. The lowest BCUT2D eigenvalue weighted by Gasteiger charge is -2.19. The number of ketones is 1. The molecule has 1 aliphatic rings. The fraction of sp³-hybridized carbons (Fsp3) is 0.273. The van der Waals surface area contributed by atoms with Gasteiger partial charge in [-0.3, -0.25) is 9.59 Å². The lowest BCUT2D eigenvalue weighted by atomic mass is 10.1. The first-order valence-corrected chi connectivity index (χ1v) is 5.08. The molecule has 0 aromatic heterocycles. The number of halogens is 1. The number of carbonyl (C=O) groups is 2. The summed E-state index contributed by atoms with van der Waals surface area (Å²) in [6.07, 6.45) is -0.914. The monoisotopic (exact) mass is 238 g/mol. The maximum absolute atomic E-state index is 13.0. The van der Waals surface area contributed by atoms with Gasteiger partial charge in [-0.1, -0.05) is 0 Å². The number of hydrogen-bond donors (Lipinski definition) is 2. The van der Waals surface area contributed by atoms with E-state index in [1.807, 2.05) is 0 Å². The molecule has 1 aromatic rings. The minimum Gasteiger partial charge on any atom is -0.390 e. The van der Waals surface area contributed by atoms with Gasteiger partial charge in [0.05, 0.1) is 23.9 Å². The Balaban J connectivity index is 2.38. The Bertz CT molecular complexity index is 490. The number of anilines is 1. The van der Waals surface area contributed by atoms with Gasteiger partial charge in [0.2, 0.25) is 0 Å². The van der Waals surface area contributed by atoms with E-state index in [2.05, 4.69) is 0 Å². The van der Waals surface area contributed by atoms with E-state index in [-0.39, 0.29) is 18.7 Å². The molecule has 1 aliphatic heterocycles. The van der Waals surface area contributed by atoms with Gasteiger partial charge in [-0.05, 0) is 18.2 Å². The molecule has 0 spiro atoms. The lowest BCUT2D eigenvalue weighted by Crippen LogP contribution is -2.39. The van der Waals surface area contributed by atoms with Gasteiger partial charge in [0.25, 0.3) is 11.7 Å². The van der Waals surface area contributed by atoms with E-state index < -0.39 is 23.6 Å². The highest BCUT2D eigenvalue weighted by Crippen LogP contribution is 2.29. The number of nitrogens with zero attached hydrogens (tertiary/aromatic N) is 1. The Morgan fingerprint density at radius 2 is 2.12 bits per heavy atom. The second-order valence-corrected chi connectivity index (χ2v) is 3.80. The molecule has 2 rings (SSSR count). The van der Waals surface area contributed by atoms with E-state index in [0.717, 1.165) is 17.0 Å². The summed E-state index contributed by atoms with van der Waals surface area (Å²) in [5.41, 5.74) is 5.58. The van der Waals surface area contributed by atoms with Crippen LogP contribution >= 0.6 is 0 Å². The van der Waals surface area contributed by atoms with E-state index in [4.69, 9.17) is 5.73 Å². The van der Waals surface area contributed by atoms with Gasteiger partial charge in [0.1, 0.15) is 5.82 Å². The Hall–Kier alpha value is -1.79. The topological polar surface area (TPSA) is 83.6 Å². The highest BCUT2D eigenvalue weighted by molar-refractivity contribution is 6.52. The first-order chi connectivity index (χ1) is 8.04. The van der Waals surface area contributed by atoms with Crippen LogP contribution in [0, 0.1) is 5.82 Å². The van der Waals surface area contributed by atoms with Crippen molar-refractivity contribution in [2.75, 3.05) is 18.0 Å². The number of benzene rings is 1. The smallest absolute Gasteiger partial charge is 0.299 e. The van der Waals surface area contributed by atoms with Crippen molar-refractivity contribution >= 4 is 17.4 Å². The van der Waals surface area contributed by atoms with Crippen LogP contribution < -0.4 is 10.6 Å². The number of rotatable bonds is 3. The summed E-state index contributed by atoms with van der Waals surface area (Å²) in [5, 5.41) is 9.40. The van der Waals surface area contributed by atoms with Crippen LogP contribution in [0.5, 0.6) is 0 Å². The molecule has 0 radical (unpaired) electrons. The van der Waals surface area contributed by atoms with Gasteiger partial charge in [-0.25, -0.2) is 4.39 Å². The molecule has 90 valence electrons. The maximum Gasteiger partial charge on any atom is 0.299 e. The van der Waals surface area contributed by atoms with Crippen molar-refractivity contribution in [2.45, 2.75) is 6.10 Å². The molecule has 0 fully saturated rings. The largest absolute Gasteiger partial charge is 0.390 e. The van der Waals surface area contributed by atoms with E-state index in [0.29, 0.717) is 5.69 Å². The molecule has 1 heterocycles. The van der Waals surface area contributed by atoms with Crippen LogP contribution in [0.4, 0.5) is 10.1 Å². The zero-order valence-electron chi connectivity index (χ0n) is 8.89. The molecular weight excluding hydrogens is 227 g/mol. The maximum atomic E-state index is 13.0. The van der Waals surface area contributed by atoms with Crippen LogP contribution in [0.2, 0.25) is 0 Å². The molecular formula is C11H11FN2O3. The van der Waals surface area contributed by atoms with Gasteiger partial charge >= 0.3 is 0 Å². The Kier molecular flexibility index (Phi) is 2.91. The standard InChI is InChI=1S/C11H11FN2O3/c12-6-1-2-9-8(3-6)10(16)11(17)14(9)5-7(15)4-13/h1-3,7,15H,4-5,13H2. The highest BCUT2D eigenvalue weighted by Gasteiger charge is 2.36. The van der Waals surface area contributed by atoms with Crippen molar-refractivity contribution in [2.24, 2.45) is 5.73 Å². The molecule has 1 amide bonds. The zero-order valence-corrected chi connectivity index (χ0v) is 8.89. The fourth-order valence-corrected chi connectivity index (χ4v) is 1.74. The second-order valence-electron chi connectivity index (χ2n) is 3.80. The third-order valence-corrected chi connectivity index (χ3v) is 2.60. The number of β-amino-alcohol motifs (C(OH)–C–C–N with tert-alkyl or cyclic N) is 1. The summed E-state index contributed by atoms with van der Waals surface area (Å²) in [4.78, 5) is 24.3. The Morgan fingerprint density at radius 3 is 2.76 bits per heavy atom. The molecule has 1 atom stereocenters. The number of nitrogens with two attached hydrogens (primary N) is 1. The number of carbonyl (C=O) groups excluding carboxylic acids is 2. The zero-order chi connectivity index (χ0) is 12.6. The average Bonchev–Trinajstić information content (AvgIpc) is 2.54. The van der Waals surface area contributed by atoms with Crippen LogP contribution in [-0.2, 0) is 4.79 Å². The van der Waals surface area contributed by atoms with E-state index in [9.17, 15) is 19.1 Å². The molecule has 0 saturated carbocycles. The first kappa shape index (κ1) is 11.7. The predicted molar refractivity (Wildman–Crippen MR) is 58.1 cm³/mol. The van der Waals surface area contributed by atoms with Gasteiger partial charge < -0.3 is 15.7 Å². The van der Waals surface area contributed by atoms with Crippen LogP contribution in [-0.4, -0.2) is 36.0 Å². The van der Waals surface area contributed by atoms with Crippen molar-refractivity contribution in [3.8, 4) is 0 Å². The summed E-state index contributed by atoms with van der Waals surface area (Å²) in [7, 11) is 0. The summed E-state index contributed by atoms with van der Waals surface area (Å²) in [5.74, 6) is -2.10. The number of Topliss-reactive ketones (excluding diaryl/α,β-unsaturated/α-hetero) is 1. The second kappa shape index (κ2) is 4.23. The minimum atomic E-state index is -0.914. The molecule has 6 heteroatoms. The first-order valence-electron chi connectivity index (χ1n) is 5.08. The van der Waals surface area contributed by atoms with E-state index in [1.54, 1.807) is 0 Å². The summed E-state index contributed by atoms with van der Waals surface area (Å²) in [6.45, 7) is -0.0891. The lowest BCUT2D eigenvalue weighted by molar-refractivity contribution is -0.114. The SMILES string of the molecule is NCC(O)CN1C(=O)C(=O)c2cc(F)ccc21. The number of aliphatic hydroxyl groups excluding tert-OH is 1. The Labute approximate surface area is 96.6 Å². The van der Waals surface area contributed by atoms with Crippen LogP contribution in [0.1, 0.15) is 10.4 Å². The predicted octanol–water partition coefficient (Wildman–Crippen LogP) is -0.325. The van der Waals surface area contributed by atoms with Crippen LogP contribution in [0.3, 0.4) is 0 Å². The van der Waals surface area contributed by atoms with Crippen molar-refractivity contribution < 1.29 is 19.1 Å². The quantitative estimate of drug-likeness (QED) is 0.706. The molecule has 17 heavy (non-hydrogen) atoms. The number of hydrogen-bond acceptors (Lipinski definition) is 4. The molecule has 1 unspecified atom stereocenters. The Morgan fingerprint density at radius 1 is 1.41 bits per heavy atom. The van der Waals surface area contributed by atoms with Gasteiger partial charge in [-0.15, -0.1) is 0 Å². The minimum absolute atomic E-state index is 0.0193. The molecule has 1 aromatic carbocycles.